The van der Waals surface area contributed by atoms with E-state index in [1.165, 1.54) is 6.26 Å². The van der Waals surface area contributed by atoms with Gasteiger partial charge in [0, 0.05) is 27.5 Å². The van der Waals surface area contributed by atoms with Crippen molar-refractivity contribution in [1.29, 1.82) is 0 Å². The Labute approximate surface area is 184 Å². The van der Waals surface area contributed by atoms with Crippen molar-refractivity contribution in [2.75, 3.05) is 11.1 Å². The number of aryl methyl sites for hydroxylation is 1. The molecule has 0 spiro atoms. The molecule has 0 aliphatic rings. The van der Waals surface area contributed by atoms with Gasteiger partial charge in [0.15, 0.2) is 5.76 Å². The molecule has 0 saturated carbocycles. The maximum Gasteiger partial charge on any atom is 0.259 e. The lowest BCUT2D eigenvalue weighted by molar-refractivity contribution is 0.102. The lowest BCUT2D eigenvalue weighted by Gasteiger charge is -2.09. The third kappa shape index (κ3) is 4.67. The molecule has 30 heavy (non-hydrogen) atoms. The Bertz CT molecular complexity index is 1190. The molecule has 3 N–H and O–H groups in total. The maximum absolute atomic E-state index is 12.7. The fourth-order valence-electron chi connectivity index (χ4n) is 3.00. The molecule has 8 heteroatoms. The predicted octanol–water partition coefficient (Wildman–Crippen LogP) is 5.62. The molecule has 0 aliphatic heterocycles. The number of pyridine rings is 1. The van der Waals surface area contributed by atoms with Crippen LogP contribution in [-0.4, -0.2) is 10.9 Å². The largest absolute Gasteiger partial charge is 0.486 e. The minimum atomic E-state index is -0.300. The molecule has 2 aromatic heterocycles. The van der Waals surface area contributed by atoms with E-state index < -0.39 is 0 Å². The molecular formula is C22H19Cl2N3O3. The van der Waals surface area contributed by atoms with E-state index in [0.29, 0.717) is 33.5 Å². The highest BCUT2D eigenvalue weighted by molar-refractivity contribution is 6.30. The topological polar surface area (TPSA) is 90.4 Å². The highest BCUT2D eigenvalue weighted by Crippen LogP contribution is 2.25. The van der Waals surface area contributed by atoms with E-state index in [0.717, 1.165) is 16.6 Å². The number of rotatable bonds is 5. The van der Waals surface area contributed by atoms with Crippen molar-refractivity contribution < 1.29 is 13.9 Å². The van der Waals surface area contributed by atoms with Gasteiger partial charge in [0.1, 0.15) is 12.4 Å². The number of ether oxygens (including phenoxy) is 1. The van der Waals surface area contributed by atoms with Gasteiger partial charge in [-0.3, -0.25) is 9.78 Å². The molecule has 0 atom stereocenters. The first kappa shape index (κ1) is 21.5. The summed E-state index contributed by atoms with van der Waals surface area (Å²) in [6.45, 7) is 2.00. The van der Waals surface area contributed by atoms with Crippen molar-refractivity contribution in [1.82, 2.24) is 4.98 Å². The number of carbonyl (C=O) groups excluding carboxylic acids is 1. The zero-order chi connectivity index (χ0) is 20.4. The second-order valence-electron chi connectivity index (χ2n) is 6.54. The highest BCUT2D eigenvalue weighted by Gasteiger charge is 2.16. The summed E-state index contributed by atoms with van der Waals surface area (Å²) in [6, 6.07) is 15.8. The number of hydrogen-bond donors (Lipinski definition) is 2. The Balaban J connectivity index is 0.00000256. The number of nitrogens with two attached hydrogens (primary N) is 1. The number of amides is 1. The monoisotopic (exact) mass is 443 g/mol. The molecule has 1 amide bonds. The summed E-state index contributed by atoms with van der Waals surface area (Å²) in [4.78, 5) is 17.2. The van der Waals surface area contributed by atoms with Gasteiger partial charge in [0.2, 0.25) is 0 Å². The van der Waals surface area contributed by atoms with Crippen LogP contribution in [0.2, 0.25) is 5.02 Å². The Kier molecular flexibility index (Phi) is 6.50. The summed E-state index contributed by atoms with van der Waals surface area (Å²) in [6.07, 6.45) is 1.46. The number of furan rings is 1. The third-order valence-corrected chi connectivity index (χ3v) is 4.65. The van der Waals surface area contributed by atoms with Crippen molar-refractivity contribution in [3.8, 4) is 5.75 Å². The van der Waals surface area contributed by atoms with Crippen LogP contribution < -0.4 is 15.8 Å². The molecule has 0 saturated heterocycles. The summed E-state index contributed by atoms with van der Waals surface area (Å²) in [5.41, 5.74) is 9.34. The van der Waals surface area contributed by atoms with Crippen LogP contribution in [0.15, 0.2) is 65.3 Å². The summed E-state index contributed by atoms with van der Waals surface area (Å²) >= 11 is 5.87. The van der Waals surface area contributed by atoms with Gasteiger partial charge in [0.05, 0.1) is 17.3 Å². The number of nitrogens with one attached hydrogen (secondary N) is 1. The van der Waals surface area contributed by atoms with E-state index >= 15 is 0 Å². The minimum absolute atomic E-state index is 0. The van der Waals surface area contributed by atoms with Crippen LogP contribution in [0.4, 0.5) is 11.4 Å². The molecule has 2 heterocycles. The molecular weight excluding hydrogens is 425 g/mol. The van der Waals surface area contributed by atoms with E-state index in [-0.39, 0.29) is 24.9 Å². The lowest BCUT2D eigenvalue weighted by atomic mass is 10.1. The number of fused-ring (bicyclic) bond motifs is 1. The van der Waals surface area contributed by atoms with Crippen LogP contribution in [0, 0.1) is 6.92 Å². The normalized spacial score (nSPS) is 10.5. The van der Waals surface area contributed by atoms with E-state index in [2.05, 4.69) is 10.3 Å². The van der Waals surface area contributed by atoms with E-state index in [1.54, 1.807) is 48.5 Å². The number of aromatic nitrogens is 1. The molecule has 0 bridgehead atoms. The van der Waals surface area contributed by atoms with Crippen molar-refractivity contribution in [3.05, 3.63) is 82.9 Å². The number of benzene rings is 2. The van der Waals surface area contributed by atoms with Crippen LogP contribution in [0.25, 0.3) is 10.9 Å². The Hall–Kier alpha value is -3.22. The first-order valence-corrected chi connectivity index (χ1v) is 9.30. The van der Waals surface area contributed by atoms with Crippen LogP contribution in [-0.2, 0) is 6.61 Å². The van der Waals surface area contributed by atoms with Crippen LogP contribution in [0.5, 0.6) is 5.75 Å². The molecule has 0 radical (unpaired) electrons. The van der Waals surface area contributed by atoms with E-state index in [1.807, 2.05) is 13.0 Å². The molecule has 2 aromatic carbocycles. The average molecular weight is 444 g/mol. The second-order valence-corrected chi connectivity index (χ2v) is 6.98. The van der Waals surface area contributed by atoms with Gasteiger partial charge in [0.25, 0.3) is 5.91 Å². The quantitative estimate of drug-likeness (QED) is 0.417. The number of carbonyl (C=O) groups is 1. The Morgan fingerprint density at radius 2 is 1.93 bits per heavy atom. The van der Waals surface area contributed by atoms with Gasteiger partial charge >= 0.3 is 0 Å². The zero-order valence-electron chi connectivity index (χ0n) is 16.0. The van der Waals surface area contributed by atoms with Gasteiger partial charge in [-0.1, -0.05) is 11.6 Å². The molecule has 154 valence electrons. The predicted molar refractivity (Wildman–Crippen MR) is 121 cm³/mol. The number of halogens is 2. The fourth-order valence-corrected chi connectivity index (χ4v) is 3.13. The summed E-state index contributed by atoms with van der Waals surface area (Å²) < 4.78 is 11.1. The first-order chi connectivity index (χ1) is 14.0. The molecule has 4 rings (SSSR count). The van der Waals surface area contributed by atoms with Crippen LogP contribution in [0.1, 0.15) is 21.8 Å². The smallest absolute Gasteiger partial charge is 0.259 e. The second kappa shape index (κ2) is 9.07. The number of hydrogen-bond acceptors (Lipinski definition) is 5. The standard InChI is InChI=1S/C22H18ClN3O3.ClH/c1-13-10-19(24)18-11-15(4-7-20(18)25-13)26-22(27)17-8-9-28-21(17)12-29-16-5-2-14(23)3-6-16;/h2-11H,12H2,1H3,(H2,24,25)(H,26,27);1H. The van der Waals surface area contributed by atoms with Crippen molar-refractivity contribution in [2.45, 2.75) is 13.5 Å². The van der Waals surface area contributed by atoms with Crippen molar-refractivity contribution >= 4 is 52.2 Å². The maximum atomic E-state index is 12.7. The fraction of sp³-hybridized carbons (Fsp3) is 0.0909. The van der Waals surface area contributed by atoms with E-state index in [9.17, 15) is 4.79 Å². The van der Waals surface area contributed by atoms with Gasteiger partial charge in [-0.15, -0.1) is 12.4 Å². The molecule has 6 nitrogen and oxygen atoms in total. The molecule has 0 fully saturated rings. The molecule has 0 aliphatic carbocycles. The SMILES string of the molecule is Cc1cc(N)c2cc(NC(=O)c3ccoc3COc3ccc(Cl)cc3)ccc2n1.Cl. The minimum Gasteiger partial charge on any atom is -0.486 e. The van der Waals surface area contributed by atoms with Gasteiger partial charge in [-0.25, -0.2) is 0 Å². The van der Waals surface area contributed by atoms with Gasteiger partial charge in [-0.05, 0) is 61.5 Å². The Morgan fingerprint density at radius 1 is 1.17 bits per heavy atom. The first-order valence-electron chi connectivity index (χ1n) is 8.92. The number of anilines is 2. The highest BCUT2D eigenvalue weighted by atomic mass is 35.5. The van der Waals surface area contributed by atoms with Gasteiger partial charge in [-0.2, -0.15) is 0 Å². The zero-order valence-corrected chi connectivity index (χ0v) is 17.6. The van der Waals surface area contributed by atoms with Gasteiger partial charge < -0.3 is 20.2 Å². The number of nitrogen functional groups attached to an aromatic ring is 1. The van der Waals surface area contributed by atoms with Crippen LogP contribution in [0.3, 0.4) is 0 Å². The van der Waals surface area contributed by atoms with E-state index in [4.69, 9.17) is 26.5 Å². The van der Waals surface area contributed by atoms with Crippen molar-refractivity contribution in [2.24, 2.45) is 0 Å². The summed E-state index contributed by atoms with van der Waals surface area (Å²) in [5, 5.41) is 4.28. The summed E-state index contributed by atoms with van der Waals surface area (Å²) in [7, 11) is 0. The third-order valence-electron chi connectivity index (χ3n) is 4.40. The molecule has 0 unspecified atom stereocenters. The summed E-state index contributed by atoms with van der Waals surface area (Å²) in [5.74, 6) is 0.756. The van der Waals surface area contributed by atoms with Crippen molar-refractivity contribution in [3.63, 3.8) is 0 Å². The van der Waals surface area contributed by atoms with Crippen LogP contribution >= 0.6 is 24.0 Å². The average Bonchev–Trinajstić information content (AvgIpc) is 3.17. The lowest BCUT2D eigenvalue weighted by Crippen LogP contribution is -2.13. The number of nitrogens with zero attached hydrogens (tertiary/aromatic N) is 1. The Morgan fingerprint density at radius 3 is 2.70 bits per heavy atom. The molecule has 4 aromatic rings.